The van der Waals surface area contributed by atoms with Gasteiger partial charge in [0.25, 0.3) is 5.91 Å². The molecule has 0 saturated heterocycles. The van der Waals surface area contributed by atoms with Gasteiger partial charge in [0, 0.05) is 35.3 Å². The Morgan fingerprint density at radius 2 is 1.67 bits per heavy atom. The van der Waals surface area contributed by atoms with Crippen LogP contribution in [0.15, 0.2) is 97.3 Å². The zero-order valence-electron chi connectivity index (χ0n) is 22.5. The van der Waals surface area contributed by atoms with E-state index >= 15 is 4.39 Å². The Labute approximate surface area is 244 Å². The molecule has 0 aliphatic rings. The van der Waals surface area contributed by atoms with E-state index in [1.165, 1.54) is 30.5 Å². The summed E-state index contributed by atoms with van der Waals surface area (Å²) in [6, 6.07) is 24.6. The normalized spacial score (nSPS) is 11.0. The lowest BCUT2D eigenvalue weighted by molar-refractivity contribution is 0.0696. The lowest BCUT2D eigenvalue weighted by Crippen LogP contribution is -2.23. The number of halogens is 2. The number of hydrogen-bond acceptors (Lipinski definition) is 4. The molecule has 43 heavy (non-hydrogen) atoms. The van der Waals surface area contributed by atoms with E-state index in [9.17, 15) is 19.2 Å². The summed E-state index contributed by atoms with van der Waals surface area (Å²) in [6.45, 7) is 0.217. The van der Waals surface area contributed by atoms with Gasteiger partial charge in [0.15, 0.2) is 0 Å². The number of aromatic nitrogens is 2. The summed E-state index contributed by atoms with van der Waals surface area (Å²) in [6.07, 6.45) is 3.09. The first-order chi connectivity index (χ1) is 20.8. The van der Waals surface area contributed by atoms with E-state index in [2.05, 4.69) is 16.4 Å². The Morgan fingerprint density at radius 1 is 0.907 bits per heavy atom. The summed E-state index contributed by atoms with van der Waals surface area (Å²) in [4.78, 5) is 29.0. The Hall–Kier alpha value is -5.88. The number of nitrogens with one attached hydrogen (secondary N) is 1. The molecule has 4 aromatic carbocycles. The first-order valence-corrected chi connectivity index (χ1v) is 13.3. The number of benzene rings is 4. The van der Waals surface area contributed by atoms with Crippen molar-refractivity contribution in [1.29, 1.82) is 5.26 Å². The molecule has 0 spiro atoms. The van der Waals surface area contributed by atoms with Gasteiger partial charge in [-0.1, -0.05) is 24.3 Å². The Balaban J connectivity index is 1.40. The average molecular weight is 573 g/mol. The van der Waals surface area contributed by atoms with Crippen LogP contribution in [0.5, 0.6) is 0 Å². The van der Waals surface area contributed by atoms with Crippen LogP contribution in [0, 0.1) is 23.0 Å². The highest BCUT2D eigenvalue weighted by Crippen LogP contribution is 2.31. The van der Waals surface area contributed by atoms with Crippen molar-refractivity contribution >= 4 is 33.7 Å². The summed E-state index contributed by atoms with van der Waals surface area (Å²) in [7, 11) is 0. The number of carboxylic acids is 1. The lowest BCUT2D eigenvalue weighted by atomic mass is 9.99. The van der Waals surface area contributed by atoms with Crippen molar-refractivity contribution in [2.24, 2.45) is 0 Å². The van der Waals surface area contributed by atoms with Gasteiger partial charge in [0.05, 0.1) is 40.3 Å². The highest BCUT2D eigenvalue weighted by Gasteiger charge is 2.18. The number of fused-ring (bicyclic) bond motifs is 2. The summed E-state index contributed by atoms with van der Waals surface area (Å²) in [5.41, 5.74) is 4.44. The molecule has 9 heteroatoms. The largest absolute Gasteiger partial charge is 0.478 e. The molecule has 6 rings (SSSR count). The second kappa shape index (κ2) is 11.2. The van der Waals surface area contributed by atoms with Gasteiger partial charge in [-0.05, 0) is 77.4 Å². The first-order valence-electron chi connectivity index (χ1n) is 13.3. The molecular weight excluding hydrogens is 550 g/mol. The minimum Gasteiger partial charge on any atom is -0.478 e. The molecular formula is C34H22F2N4O3. The number of nitriles is 1. The van der Waals surface area contributed by atoms with Gasteiger partial charge < -0.3 is 15.0 Å². The fourth-order valence-corrected chi connectivity index (χ4v) is 5.08. The third kappa shape index (κ3) is 5.42. The standard InChI is InChI=1S/C34H22F2N4O3/c35-29-9-11-38-31-15-26(30(36)16-27(29)31)19-40-12-10-24-13-25(22-5-1-20(17-37)2-6-22)14-28(32(24)40)33(41)39-18-21-3-7-23(8-4-21)34(42)43/h1-16H,18-19H2,(H,39,41)(H,42,43). The minimum absolute atomic E-state index is 0.0661. The van der Waals surface area contributed by atoms with Gasteiger partial charge in [-0.15, -0.1) is 0 Å². The van der Waals surface area contributed by atoms with Crippen LogP contribution in [0.2, 0.25) is 0 Å². The highest BCUT2D eigenvalue weighted by atomic mass is 19.1. The maximum Gasteiger partial charge on any atom is 0.335 e. The Bertz CT molecular complexity index is 2080. The number of carbonyl (C=O) groups excluding carboxylic acids is 1. The zero-order valence-corrected chi connectivity index (χ0v) is 22.5. The maximum absolute atomic E-state index is 15.1. The van der Waals surface area contributed by atoms with Gasteiger partial charge in [-0.25, -0.2) is 13.6 Å². The molecule has 0 bridgehead atoms. The monoisotopic (exact) mass is 572 g/mol. The molecule has 6 aromatic rings. The van der Waals surface area contributed by atoms with Gasteiger partial charge in [0.1, 0.15) is 11.6 Å². The van der Waals surface area contributed by atoms with Crippen molar-refractivity contribution in [2.75, 3.05) is 0 Å². The minimum atomic E-state index is -1.04. The lowest BCUT2D eigenvalue weighted by Gasteiger charge is -2.14. The number of amides is 1. The number of pyridine rings is 1. The summed E-state index contributed by atoms with van der Waals surface area (Å²) < 4.78 is 31.1. The van der Waals surface area contributed by atoms with Crippen LogP contribution in [0.25, 0.3) is 32.9 Å². The quantitative estimate of drug-likeness (QED) is 0.222. The van der Waals surface area contributed by atoms with E-state index in [4.69, 9.17) is 5.11 Å². The molecule has 0 radical (unpaired) electrons. The SMILES string of the molecule is N#Cc1ccc(-c2cc(C(=O)NCc3ccc(C(=O)O)cc3)c3c(ccn3Cc3cc4nccc(F)c4cc3F)c2)cc1. The predicted molar refractivity (Wildman–Crippen MR) is 157 cm³/mol. The van der Waals surface area contributed by atoms with Crippen molar-refractivity contribution in [2.45, 2.75) is 13.1 Å². The first kappa shape index (κ1) is 27.3. The molecule has 0 fully saturated rings. The number of carboxylic acid groups (broad SMARTS) is 1. The molecule has 0 saturated carbocycles. The Morgan fingerprint density at radius 3 is 2.40 bits per heavy atom. The smallest absolute Gasteiger partial charge is 0.335 e. The van der Waals surface area contributed by atoms with Crippen LogP contribution in [0.4, 0.5) is 8.78 Å². The van der Waals surface area contributed by atoms with Crippen LogP contribution < -0.4 is 5.32 Å². The van der Waals surface area contributed by atoms with Gasteiger partial charge in [0.2, 0.25) is 0 Å². The molecule has 0 aliphatic heterocycles. The van der Waals surface area contributed by atoms with Gasteiger partial charge >= 0.3 is 5.97 Å². The Kier molecular flexibility index (Phi) is 7.10. The fraction of sp³-hybridized carbons (Fsp3) is 0.0588. The molecule has 2 aromatic heterocycles. The fourth-order valence-electron chi connectivity index (χ4n) is 5.08. The average Bonchev–Trinajstić information content (AvgIpc) is 3.43. The third-order valence-electron chi connectivity index (χ3n) is 7.30. The molecule has 0 atom stereocenters. The highest BCUT2D eigenvalue weighted by molar-refractivity contribution is 6.08. The molecule has 2 N–H and O–H groups in total. The second-order valence-electron chi connectivity index (χ2n) is 10.0. The molecule has 210 valence electrons. The molecule has 7 nitrogen and oxygen atoms in total. The molecule has 0 unspecified atom stereocenters. The summed E-state index contributed by atoms with van der Waals surface area (Å²) in [5, 5.41) is 22.1. The van der Waals surface area contributed by atoms with Crippen molar-refractivity contribution in [1.82, 2.24) is 14.9 Å². The summed E-state index contributed by atoms with van der Waals surface area (Å²) >= 11 is 0. The van der Waals surface area contributed by atoms with Crippen LogP contribution >= 0.6 is 0 Å². The van der Waals surface area contributed by atoms with E-state index in [1.807, 2.05) is 12.1 Å². The number of hydrogen-bond donors (Lipinski definition) is 2. The molecule has 0 aliphatic carbocycles. The molecule has 2 heterocycles. The van der Waals surface area contributed by atoms with E-state index in [0.29, 0.717) is 27.7 Å². The summed E-state index contributed by atoms with van der Waals surface area (Å²) in [5.74, 6) is -2.58. The van der Waals surface area contributed by atoms with Crippen molar-refractivity contribution in [3.8, 4) is 17.2 Å². The van der Waals surface area contributed by atoms with E-state index < -0.39 is 17.6 Å². The van der Waals surface area contributed by atoms with Crippen molar-refractivity contribution in [3.63, 3.8) is 0 Å². The maximum atomic E-state index is 15.1. The van der Waals surface area contributed by atoms with Crippen molar-refractivity contribution < 1.29 is 23.5 Å². The number of nitrogens with zero attached hydrogens (tertiary/aromatic N) is 3. The van der Waals surface area contributed by atoms with E-state index in [0.717, 1.165) is 22.6 Å². The second-order valence-corrected chi connectivity index (χ2v) is 10.0. The van der Waals surface area contributed by atoms with Gasteiger partial charge in [-0.3, -0.25) is 9.78 Å². The van der Waals surface area contributed by atoms with Crippen LogP contribution in [0.3, 0.4) is 0 Å². The number of carbonyl (C=O) groups is 2. The van der Waals surface area contributed by atoms with Crippen molar-refractivity contribution in [3.05, 3.63) is 137 Å². The predicted octanol–water partition coefficient (Wildman–Crippen LogP) is 6.68. The van der Waals surface area contributed by atoms with Crippen LogP contribution in [-0.4, -0.2) is 26.5 Å². The zero-order chi connectivity index (χ0) is 30.1. The number of aromatic carboxylic acids is 1. The third-order valence-corrected chi connectivity index (χ3v) is 7.30. The van der Waals surface area contributed by atoms with Gasteiger partial charge in [-0.2, -0.15) is 5.26 Å². The van der Waals surface area contributed by atoms with Crippen LogP contribution in [-0.2, 0) is 13.1 Å². The van der Waals surface area contributed by atoms with Crippen LogP contribution in [0.1, 0.15) is 37.4 Å². The number of rotatable bonds is 7. The molecule has 1 amide bonds. The van der Waals surface area contributed by atoms with E-state index in [1.54, 1.807) is 53.2 Å². The van der Waals surface area contributed by atoms with E-state index in [-0.39, 0.29) is 35.5 Å². The topological polar surface area (TPSA) is 108 Å².